The van der Waals surface area contributed by atoms with Gasteiger partial charge in [0, 0.05) is 11.6 Å². The molecular weight excluding hydrogens is 441 g/mol. The van der Waals surface area contributed by atoms with Gasteiger partial charge < -0.3 is 20.5 Å². The first-order valence-electron chi connectivity index (χ1n) is 9.65. The number of aliphatic imine (C=N–C) groups is 1. The highest BCUT2D eigenvalue weighted by Gasteiger charge is 2.20. The van der Waals surface area contributed by atoms with Gasteiger partial charge in [0.25, 0.3) is 0 Å². The van der Waals surface area contributed by atoms with Crippen LogP contribution in [0.25, 0.3) is 0 Å². The number of nitrogens with two attached hydrogens (primary N) is 1. The van der Waals surface area contributed by atoms with E-state index in [4.69, 9.17) is 15.2 Å². The van der Waals surface area contributed by atoms with E-state index in [9.17, 15) is 0 Å². The zero-order valence-corrected chi connectivity index (χ0v) is 18.0. The second kappa shape index (κ2) is 10.8. The van der Waals surface area contributed by atoms with Gasteiger partial charge in [-0.25, -0.2) is 4.99 Å². The summed E-state index contributed by atoms with van der Waals surface area (Å²) in [4.78, 5) is 4.55. The number of halogens is 1. The molecule has 5 nitrogen and oxygen atoms in total. The average molecular weight is 473 g/mol. The van der Waals surface area contributed by atoms with Crippen LogP contribution in [-0.2, 0) is 6.54 Å². The highest BCUT2D eigenvalue weighted by atomic mass is 127. The molecule has 0 bridgehead atoms. The van der Waals surface area contributed by atoms with Crippen LogP contribution in [0.15, 0.2) is 23.2 Å². The van der Waals surface area contributed by atoms with Crippen molar-refractivity contribution in [1.82, 2.24) is 5.32 Å². The van der Waals surface area contributed by atoms with E-state index in [1.54, 1.807) is 7.11 Å². The molecule has 3 N–H and O–H groups in total. The van der Waals surface area contributed by atoms with Gasteiger partial charge >= 0.3 is 0 Å². The Morgan fingerprint density at radius 2 is 1.81 bits per heavy atom. The number of ether oxygens (including phenoxy) is 2. The van der Waals surface area contributed by atoms with E-state index in [-0.39, 0.29) is 30.1 Å². The molecule has 26 heavy (non-hydrogen) atoms. The van der Waals surface area contributed by atoms with Crippen LogP contribution in [0.5, 0.6) is 11.5 Å². The first kappa shape index (κ1) is 21.1. The van der Waals surface area contributed by atoms with Crippen LogP contribution in [0.4, 0.5) is 0 Å². The predicted molar refractivity (Wildman–Crippen MR) is 117 cm³/mol. The fourth-order valence-corrected chi connectivity index (χ4v) is 3.83. The van der Waals surface area contributed by atoms with Crippen LogP contribution in [0.2, 0.25) is 0 Å². The fraction of sp³-hybridized carbons (Fsp3) is 0.650. The lowest BCUT2D eigenvalue weighted by molar-refractivity contribution is 0.198. The van der Waals surface area contributed by atoms with Crippen LogP contribution in [0, 0.1) is 0 Å². The topological polar surface area (TPSA) is 68.9 Å². The molecule has 0 amide bonds. The lowest BCUT2D eigenvalue weighted by atomic mass is 9.96. The third kappa shape index (κ3) is 5.93. The minimum absolute atomic E-state index is 0. The van der Waals surface area contributed by atoms with Crippen molar-refractivity contribution in [3.8, 4) is 11.5 Å². The Morgan fingerprint density at radius 1 is 1.12 bits per heavy atom. The van der Waals surface area contributed by atoms with E-state index in [0.717, 1.165) is 29.9 Å². The second-order valence-corrected chi connectivity index (χ2v) is 7.15. The van der Waals surface area contributed by atoms with Crippen LogP contribution < -0.4 is 20.5 Å². The largest absolute Gasteiger partial charge is 0.493 e. The number of guanidine groups is 1. The highest BCUT2D eigenvalue weighted by Crippen LogP contribution is 2.35. The molecule has 2 saturated carbocycles. The van der Waals surface area contributed by atoms with Crippen molar-refractivity contribution in [2.75, 3.05) is 7.11 Å². The summed E-state index contributed by atoms with van der Waals surface area (Å²) in [5, 5.41) is 3.37. The summed E-state index contributed by atoms with van der Waals surface area (Å²) in [5.74, 6) is 2.13. The Morgan fingerprint density at radius 3 is 2.50 bits per heavy atom. The van der Waals surface area contributed by atoms with Crippen molar-refractivity contribution in [2.24, 2.45) is 10.7 Å². The van der Waals surface area contributed by atoms with E-state index < -0.39 is 0 Å². The molecule has 0 heterocycles. The van der Waals surface area contributed by atoms with E-state index in [2.05, 4.69) is 10.3 Å². The summed E-state index contributed by atoms with van der Waals surface area (Å²) < 4.78 is 11.8. The quantitative estimate of drug-likeness (QED) is 0.366. The van der Waals surface area contributed by atoms with Gasteiger partial charge in [-0.15, -0.1) is 24.0 Å². The maximum absolute atomic E-state index is 6.26. The summed E-state index contributed by atoms with van der Waals surface area (Å²) >= 11 is 0. The minimum Gasteiger partial charge on any atom is -0.493 e. The van der Waals surface area contributed by atoms with Crippen molar-refractivity contribution in [3.05, 3.63) is 23.8 Å². The molecule has 0 atom stereocenters. The molecule has 1 aromatic rings. The third-order valence-corrected chi connectivity index (χ3v) is 5.24. The maximum atomic E-state index is 6.26. The van der Waals surface area contributed by atoms with Crippen LogP contribution in [0.3, 0.4) is 0 Å². The monoisotopic (exact) mass is 473 g/mol. The van der Waals surface area contributed by atoms with Gasteiger partial charge in [0.15, 0.2) is 17.5 Å². The zero-order chi connectivity index (χ0) is 17.5. The Kier molecular flexibility index (Phi) is 8.81. The van der Waals surface area contributed by atoms with Gasteiger partial charge in [-0.3, -0.25) is 0 Å². The summed E-state index contributed by atoms with van der Waals surface area (Å²) in [6, 6.07) is 6.44. The van der Waals surface area contributed by atoms with Crippen molar-refractivity contribution in [3.63, 3.8) is 0 Å². The number of methoxy groups -OCH3 is 1. The lowest BCUT2D eigenvalue weighted by Crippen LogP contribution is -2.41. The summed E-state index contributed by atoms with van der Waals surface area (Å²) in [6.45, 7) is 0.505. The highest BCUT2D eigenvalue weighted by molar-refractivity contribution is 14.0. The number of hydrogen-bond donors (Lipinski definition) is 2. The Hall–Kier alpha value is -1.18. The first-order chi connectivity index (χ1) is 12.3. The molecule has 1 aromatic carbocycles. The van der Waals surface area contributed by atoms with E-state index >= 15 is 0 Å². The summed E-state index contributed by atoms with van der Waals surface area (Å²) in [5.41, 5.74) is 7.13. The number of benzene rings is 1. The SMILES string of the molecule is COc1cccc(CN=C(N)NC2CCCCC2)c1OC1CCCC1.I. The van der Waals surface area contributed by atoms with Gasteiger partial charge in [0.05, 0.1) is 19.8 Å². The minimum atomic E-state index is 0. The van der Waals surface area contributed by atoms with Crippen LogP contribution in [-0.4, -0.2) is 25.2 Å². The normalized spacial score (nSPS) is 19.0. The van der Waals surface area contributed by atoms with E-state index in [1.807, 2.05) is 18.2 Å². The maximum Gasteiger partial charge on any atom is 0.189 e. The van der Waals surface area contributed by atoms with Gasteiger partial charge in [0.1, 0.15) is 0 Å². The summed E-state index contributed by atoms with van der Waals surface area (Å²) in [7, 11) is 1.68. The summed E-state index contributed by atoms with van der Waals surface area (Å²) in [6.07, 6.45) is 11.3. The molecule has 146 valence electrons. The van der Waals surface area contributed by atoms with Crippen molar-refractivity contribution in [2.45, 2.75) is 76.5 Å². The molecule has 2 aliphatic carbocycles. The van der Waals surface area contributed by atoms with Gasteiger partial charge in [-0.1, -0.05) is 31.4 Å². The van der Waals surface area contributed by atoms with Crippen LogP contribution in [0.1, 0.15) is 63.4 Å². The average Bonchev–Trinajstić information content (AvgIpc) is 3.15. The van der Waals surface area contributed by atoms with Gasteiger partial charge in [-0.05, 0) is 44.6 Å². The van der Waals surface area contributed by atoms with Crippen molar-refractivity contribution in [1.29, 1.82) is 0 Å². The number of nitrogens with zero attached hydrogens (tertiary/aromatic N) is 1. The number of hydrogen-bond acceptors (Lipinski definition) is 3. The van der Waals surface area contributed by atoms with Gasteiger partial charge in [0.2, 0.25) is 0 Å². The predicted octanol–water partition coefficient (Wildman–Crippen LogP) is 4.37. The number of nitrogens with one attached hydrogen (secondary N) is 1. The molecule has 2 aliphatic rings. The Balaban J connectivity index is 0.00000243. The third-order valence-electron chi connectivity index (χ3n) is 5.24. The number of para-hydroxylation sites is 1. The standard InChI is InChI=1S/C20H31N3O2.HI/c1-24-18-13-7-8-15(19(18)25-17-11-5-6-12-17)14-22-20(21)23-16-9-3-2-4-10-16;/h7-8,13,16-17H,2-6,9-12,14H2,1H3,(H3,21,22,23);1H. The molecule has 0 aliphatic heterocycles. The molecule has 0 radical (unpaired) electrons. The van der Waals surface area contributed by atoms with E-state index in [0.29, 0.717) is 18.5 Å². The smallest absolute Gasteiger partial charge is 0.189 e. The molecule has 3 rings (SSSR count). The molecule has 2 fully saturated rings. The first-order valence-corrected chi connectivity index (χ1v) is 9.65. The second-order valence-electron chi connectivity index (χ2n) is 7.15. The van der Waals surface area contributed by atoms with E-state index in [1.165, 1.54) is 44.9 Å². The van der Waals surface area contributed by atoms with Crippen molar-refractivity contribution < 1.29 is 9.47 Å². The molecule has 0 saturated heterocycles. The Bertz CT molecular complexity index is 582. The molecule has 0 spiro atoms. The Labute approximate surface area is 174 Å². The zero-order valence-electron chi connectivity index (χ0n) is 15.7. The van der Waals surface area contributed by atoms with Crippen LogP contribution >= 0.6 is 24.0 Å². The fourth-order valence-electron chi connectivity index (χ4n) is 3.83. The molecule has 0 unspecified atom stereocenters. The molecular formula is C20H32IN3O2. The van der Waals surface area contributed by atoms with Gasteiger partial charge in [-0.2, -0.15) is 0 Å². The lowest BCUT2D eigenvalue weighted by Gasteiger charge is -2.23. The van der Waals surface area contributed by atoms with Crippen molar-refractivity contribution >= 4 is 29.9 Å². The number of rotatable bonds is 6. The molecule has 0 aromatic heterocycles. The molecule has 6 heteroatoms.